The first-order valence-electron chi connectivity index (χ1n) is 6.93. The maximum absolute atomic E-state index is 13.2. The lowest BCUT2D eigenvalue weighted by molar-refractivity contribution is -0.162. The first-order chi connectivity index (χ1) is 11.2. The predicted molar refractivity (Wildman–Crippen MR) is 83.0 cm³/mol. The molecule has 8 heteroatoms. The largest absolute Gasteiger partial charge is 0.465 e. The van der Waals surface area contributed by atoms with Crippen LogP contribution in [0, 0.1) is 0 Å². The number of esters is 1. The molecular weight excluding hydrogens is 342 g/mol. The minimum atomic E-state index is -5.87. The molecule has 1 aliphatic rings. The lowest BCUT2D eigenvalue weighted by atomic mass is 9.91. The van der Waals surface area contributed by atoms with Gasteiger partial charge < -0.3 is 4.74 Å². The van der Waals surface area contributed by atoms with Gasteiger partial charge in [0.15, 0.2) is 0 Å². The Hall–Kier alpha value is -2.32. The monoisotopic (exact) mass is 354 g/mol. The first-order valence-corrected chi connectivity index (χ1v) is 8.37. The van der Waals surface area contributed by atoms with Crippen molar-refractivity contribution in [2.75, 3.05) is 0 Å². The molecule has 0 atom stereocenters. The van der Waals surface area contributed by atoms with E-state index >= 15 is 0 Å². The Morgan fingerprint density at radius 3 is 2.75 bits per heavy atom. The van der Waals surface area contributed by atoms with E-state index in [2.05, 4.69) is 4.74 Å². The third kappa shape index (κ3) is 2.78. The number of hydrogen-bond acceptors (Lipinski definition) is 4. The van der Waals surface area contributed by atoms with E-state index < -0.39 is 27.9 Å². The second-order valence-electron chi connectivity index (χ2n) is 5.37. The van der Waals surface area contributed by atoms with Crippen LogP contribution in [0.2, 0.25) is 0 Å². The van der Waals surface area contributed by atoms with Crippen LogP contribution in [0.15, 0.2) is 36.4 Å². The molecule has 0 aromatic heterocycles. The Morgan fingerprint density at radius 2 is 2.04 bits per heavy atom. The molecule has 0 heterocycles. The first kappa shape index (κ1) is 16.5. The summed E-state index contributed by atoms with van der Waals surface area (Å²) in [7, 11) is -5.87. The van der Waals surface area contributed by atoms with E-state index in [0.29, 0.717) is 5.56 Å². The van der Waals surface area contributed by atoms with Crippen LogP contribution in [0.5, 0.6) is 0 Å². The fourth-order valence-corrected chi connectivity index (χ4v) is 2.91. The van der Waals surface area contributed by atoms with E-state index in [1.54, 1.807) is 12.1 Å². The highest BCUT2D eigenvalue weighted by molar-refractivity contribution is 7.87. The summed E-state index contributed by atoms with van der Waals surface area (Å²) in [5, 5.41) is -3.09. The van der Waals surface area contributed by atoms with Crippen LogP contribution >= 0.6 is 0 Å². The molecule has 1 aliphatic carbocycles. The molecule has 2 aromatic rings. The highest BCUT2D eigenvalue weighted by Gasteiger charge is 2.54. The molecule has 126 valence electrons. The van der Waals surface area contributed by atoms with Gasteiger partial charge in [-0.25, -0.2) is 4.79 Å². The van der Waals surface area contributed by atoms with E-state index in [0.717, 1.165) is 28.3 Å². The Balaban J connectivity index is 1.87. The summed E-state index contributed by atoms with van der Waals surface area (Å²) < 4.78 is 60.1. The highest BCUT2D eigenvalue weighted by atomic mass is 32.2. The van der Waals surface area contributed by atoms with E-state index in [4.69, 9.17) is 4.55 Å². The second-order valence-corrected chi connectivity index (χ2v) is 6.84. The van der Waals surface area contributed by atoms with Crippen molar-refractivity contribution >= 4 is 32.9 Å². The van der Waals surface area contributed by atoms with Crippen molar-refractivity contribution in [2.45, 2.75) is 18.3 Å². The van der Waals surface area contributed by atoms with E-state index in [9.17, 15) is 22.0 Å². The Kier molecular flexibility index (Phi) is 3.89. The van der Waals surface area contributed by atoms with E-state index in [-0.39, 0.29) is 0 Å². The molecule has 0 spiro atoms. The molecule has 0 unspecified atom stereocenters. The van der Waals surface area contributed by atoms with Crippen LogP contribution in [0.1, 0.15) is 16.7 Å². The summed E-state index contributed by atoms with van der Waals surface area (Å²) in [6.07, 6.45) is 4.63. The Bertz CT molecular complexity index is 964. The Morgan fingerprint density at radius 1 is 1.29 bits per heavy atom. The molecule has 2 aromatic carbocycles. The molecule has 0 saturated carbocycles. The van der Waals surface area contributed by atoms with Crippen molar-refractivity contribution in [1.82, 2.24) is 0 Å². The zero-order chi connectivity index (χ0) is 17.5. The van der Waals surface area contributed by atoms with Gasteiger partial charge in [0.1, 0.15) is 6.61 Å². The number of alkyl halides is 2. The number of halogens is 2. The molecule has 3 rings (SSSR count). The summed E-state index contributed by atoms with van der Waals surface area (Å²) >= 11 is 0. The van der Waals surface area contributed by atoms with Gasteiger partial charge >= 0.3 is 21.3 Å². The van der Waals surface area contributed by atoms with Gasteiger partial charge in [0.05, 0.1) is 0 Å². The SMILES string of the molecule is O=C(OCc1cc2c3c(cccc3c1)CC=C2)C(F)(F)S(=O)(=O)O. The number of benzene rings is 2. The molecule has 0 fully saturated rings. The molecular formula is C16H12F2O5S. The van der Waals surface area contributed by atoms with Crippen LogP contribution in [-0.4, -0.2) is 24.2 Å². The van der Waals surface area contributed by atoms with Crippen molar-refractivity contribution in [2.24, 2.45) is 0 Å². The highest BCUT2D eigenvalue weighted by Crippen LogP contribution is 2.30. The lowest BCUT2D eigenvalue weighted by Crippen LogP contribution is -2.38. The average molecular weight is 354 g/mol. The molecule has 24 heavy (non-hydrogen) atoms. The lowest BCUT2D eigenvalue weighted by Gasteiger charge is -2.15. The van der Waals surface area contributed by atoms with Crippen molar-refractivity contribution in [3.05, 3.63) is 53.1 Å². The fourth-order valence-electron chi connectivity index (χ4n) is 2.64. The quantitative estimate of drug-likeness (QED) is 0.674. The fraction of sp³-hybridized carbons (Fsp3) is 0.188. The predicted octanol–water partition coefficient (Wildman–Crippen LogP) is 2.93. The van der Waals surface area contributed by atoms with Crippen molar-refractivity contribution in [3.8, 4) is 0 Å². The summed E-state index contributed by atoms with van der Waals surface area (Å²) in [6, 6.07) is 9.06. The van der Waals surface area contributed by atoms with Gasteiger partial charge in [-0.1, -0.05) is 30.4 Å². The Labute approximate surface area is 136 Å². The third-order valence-corrected chi connectivity index (χ3v) is 4.53. The standard InChI is InChI=1S/C16H12F2O5S/c17-16(18,24(20,21)22)15(19)23-9-10-7-12-5-1-3-11-4-2-6-13(8-10)14(11)12/h1-3,5-8H,4,9H2,(H,20,21,22). The summed E-state index contributed by atoms with van der Waals surface area (Å²) in [5.74, 6) is -2.32. The zero-order valence-electron chi connectivity index (χ0n) is 12.2. The van der Waals surface area contributed by atoms with Gasteiger partial charge in [-0.05, 0) is 46.0 Å². The maximum Gasteiger partial charge on any atom is 0.465 e. The summed E-state index contributed by atoms with van der Waals surface area (Å²) in [6.45, 7) is -0.537. The minimum Gasteiger partial charge on any atom is -0.455 e. The summed E-state index contributed by atoms with van der Waals surface area (Å²) in [4.78, 5) is 11.2. The molecule has 0 amide bonds. The topological polar surface area (TPSA) is 80.7 Å². The number of rotatable bonds is 4. The van der Waals surface area contributed by atoms with Gasteiger partial charge in [-0.2, -0.15) is 17.2 Å². The normalized spacial score (nSPS) is 14.0. The number of carbonyl (C=O) groups is 1. The van der Waals surface area contributed by atoms with Crippen LogP contribution < -0.4 is 0 Å². The summed E-state index contributed by atoms with van der Waals surface area (Å²) in [5.41, 5.74) is 2.43. The molecule has 5 nitrogen and oxygen atoms in total. The average Bonchev–Trinajstić information content (AvgIpc) is 2.52. The molecule has 0 saturated heterocycles. The van der Waals surface area contributed by atoms with Gasteiger partial charge in [-0.3, -0.25) is 4.55 Å². The van der Waals surface area contributed by atoms with Crippen LogP contribution in [0.3, 0.4) is 0 Å². The third-order valence-electron chi connectivity index (χ3n) is 3.72. The molecule has 0 bridgehead atoms. The zero-order valence-corrected chi connectivity index (χ0v) is 13.0. The van der Waals surface area contributed by atoms with Crippen molar-refractivity contribution in [1.29, 1.82) is 0 Å². The van der Waals surface area contributed by atoms with E-state index in [1.165, 1.54) is 0 Å². The van der Waals surface area contributed by atoms with Gasteiger partial charge in [0, 0.05) is 0 Å². The van der Waals surface area contributed by atoms with Crippen molar-refractivity contribution < 1.29 is 31.3 Å². The number of ether oxygens (including phenoxy) is 1. The van der Waals surface area contributed by atoms with E-state index in [1.807, 2.05) is 30.4 Å². The second kappa shape index (κ2) is 5.64. The van der Waals surface area contributed by atoms with Crippen LogP contribution in [0.4, 0.5) is 8.78 Å². The minimum absolute atomic E-state index is 0.431. The van der Waals surface area contributed by atoms with Gasteiger partial charge in [-0.15, -0.1) is 0 Å². The van der Waals surface area contributed by atoms with Crippen LogP contribution in [0.25, 0.3) is 16.8 Å². The number of hydrogen-bond donors (Lipinski definition) is 1. The van der Waals surface area contributed by atoms with Gasteiger partial charge in [0.2, 0.25) is 0 Å². The molecule has 1 N–H and O–H groups in total. The molecule has 0 radical (unpaired) electrons. The molecule has 0 aliphatic heterocycles. The number of allylic oxidation sites excluding steroid dienone is 1. The number of carbonyl (C=O) groups excluding carboxylic acids is 1. The van der Waals surface area contributed by atoms with Crippen molar-refractivity contribution in [3.63, 3.8) is 0 Å². The van der Waals surface area contributed by atoms with Crippen LogP contribution in [-0.2, 0) is 32.7 Å². The maximum atomic E-state index is 13.2. The smallest absolute Gasteiger partial charge is 0.455 e. The van der Waals surface area contributed by atoms with Gasteiger partial charge in [0.25, 0.3) is 0 Å².